The molecule has 2 aromatic rings. The first kappa shape index (κ1) is 11.8. The van der Waals surface area contributed by atoms with E-state index in [1.165, 1.54) is 6.92 Å². The van der Waals surface area contributed by atoms with E-state index in [1.807, 2.05) is 0 Å². The van der Waals surface area contributed by atoms with Crippen LogP contribution in [-0.2, 0) is 10.0 Å². The van der Waals surface area contributed by atoms with Crippen LogP contribution in [0.25, 0.3) is 0 Å². The Morgan fingerprint density at radius 3 is 2.53 bits per heavy atom. The van der Waals surface area contributed by atoms with Crippen LogP contribution < -0.4 is 9.60 Å². The minimum atomic E-state index is -3.82. The maximum atomic E-state index is 11.9. The van der Waals surface area contributed by atoms with Crippen LogP contribution in [0.3, 0.4) is 0 Å². The molecular formula is C7H9N5O3S2. The third-order valence-electron chi connectivity index (χ3n) is 1.85. The number of thiazole rings is 1. The number of aryl methyl sites for hydroxylation is 2. The van der Waals surface area contributed by atoms with Gasteiger partial charge in [0.25, 0.3) is 16.0 Å². The van der Waals surface area contributed by atoms with Gasteiger partial charge in [-0.1, -0.05) is 11.3 Å². The van der Waals surface area contributed by atoms with Gasteiger partial charge in [-0.3, -0.25) is 9.89 Å². The summed E-state index contributed by atoms with van der Waals surface area (Å²) in [5, 5.41) is 6.16. The maximum absolute atomic E-state index is 11.9. The van der Waals surface area contributed by atoms with E-state index in [2.05, 4.69) is 24.9 Å². The molecule has 92 valence electrons. The summed E-state index contributed by atoms with van der Waals surface area (Å²) in [6.07, 6.45) is 0. The van der Waals surface area contributed by atoms with Gasteiger partial charge in [0.1, 0.15) is 5.82 Å². The fourth-order valence-corrected chi connectivity index (χ4v) is 3.45. The van der Waals surface area contributed by atoms with Crippen molar-refractivity contribution in [1.82, 2.24) is 20.2 Å². The largest absolute Gasteiger partial charge is 0.315 e. The van der Waals surface area contributed by atoms with Crippen molar-refractivity contribution in [1.29, 1.82) is 0 Å². The lowest BCUT2D eigenvalue weighted by Gasteiger charge is -2.01. The first-order valence-corrected chi connectivity index (χ1v) is 6.80. The first-order valence-electron chi connectivity index (χ1n) is 4.50. The van der Waals surface area contributed by atoms with Crippen LogP contribution in [0.4, 0.5) is 5.95 Å². The average molecular weight is 275 g/mol. The molecule has 0 aliphatic carbocycles. The van der Waals surface area contributed by atoms with Crippen LogP contribution in [0.1, 0.15) is 11.5 Å². The fourth-order valence-electron chi connectivity index (χ4n) is 1.20. The number of H-pyrrole nitrogens is 2. The Morgan fingerprint density at radius 1 is 1.35 bits per heavy atom. The summed E-state index contributed by atoms with van der Waals surface area (Å²) < 4.78 is 25.9. The van der Waals surface area contributed by atoms with Crippen molar-refractivity contribution in [3.63, 3.8) is 0 Å². The summed E-state index contributed by atoms with van der Waals surface area (Å²) in [4.78, 5) is 16.8. The molecule has 0 unspecified atom stereocenters. The highest BCUT2D eigenvalue weighted by atomic mass is 32.2. The van der Waals surface area contributed by atoms with Crippen molar-refractivity contribution in [3.05, 3.63) is 21.2 Å². The summed E-state index contributed by atoms with van der Waals surface area (Å²) in [6, 6.07) is 0. The van der Waals surface area contributed by atoms with Crippen molar-refractivity contribution >= 4 is 27.3 Å². The maximum Gasteiger partial charge on any atom is 0.306 e. The predicted molar refractivity (Wildman–Crippen MR) is 61.6 cm³/mol. The molecular weight excluding hydrogens is 266 g/mol. The van der Waals surface area contributed by atoms with Crippen molar-refractivity contribution < 1.29 is 8.42 Å². The Morgan fingerprint density at radius 2 is 2.06 bits per heavy atom. The molecule has 0 aromatic carbocycles. The highest BCUT2D eigenvalue weighted by molar-refractivity contribution is 7.94. The van der Waals surface area contributed by atoms with Gasteiger partial charge < -0.3 is 4.98 Å². The molecule has 0 amide bonds. The van der Waals surface area contributed by atoms with Crippen molar-refractivity contribution in [2.24, 2.45) is 0 Å². The predicted octanol–water partition coefficient (Wildman–Crippen LogP) is -0.0279. The van der Waals surface area contributed by atoms with E-state index in [4.69, 9.17) is 0 Å². The SMILES string of the molecule is Cc1nc(NS(=O)(=O)c2sc(=O)[nH]c2C)n[nH]1. The van der Waals surface area contributed by atoms with Gasteiger partial charge in [0, 0.05) is 5.69 Å². The highest BCUT2D eigenvalue weighted by Crippen LogP contribution is 2.18. The molecule has 2 heterocycles. The van der Waals surface area contributed by atoms with Crippen LogP contribution >= 0.6 is 11.3 Å². The van der Waals surface area contributed by atoms with Crippen molar-refractivity contribution in [2.45, 2.75) is 18.1 Å². The number of nitrogens with zero attached hydrogens (tertiary/aromatic N) is 2. The van der Waals surface area contributed by atoms with E-state index >= 15 is 0 Å². The van der Waals surface area contributed by atoms with E-state index < -0.39 is 14.9 Å². The zero-order valence-electron chi connectivity index (χ0n) is 8.94. The van der Waals surface area contributed by atoms with E-state index in [0.29, 0.717) is 22.9 Å². The molecule has 2 aromatic heterocycles. The Balaban J connectivity index is 2.37. The molecule has 0 aliphatic heterocycles. The number of hydrogen-bond donors (Lipinski definition) is 3. The summed E-state index contributed by atoms with van der Waals surface area (Å²) in [5.41, 5.74) is 0.291. The first-order chi connectivity index (χ1) is 7.88. The number of anilines is 1. The Kier molecular flexibility index (Phi) is 2.75. The third kappa shape index (κ3) is 2.36. The minimum Gasteiger partial charge on any atom is -0.315 e. The molecule has 0 spiro atoms. The van der Waals surface area contributed by atoms with E-state index in [1.54, 1.807) is 6.92 Å². The monoisotopic (exact) mass is 275 g/mol. The van der Waals surface area contributed by atoms with Gasteiger partial charge in [0.2, 0.25) is 0 Å². The van der Waals surface area contributed by atoms with E-state index in [9.17, 15) is 13.2 Å². The fraction of sp³-hybridized carbons (Fsp3) is 0.286. The van der Waals surface area contributed by atoms with Crippen LogP contribution in [0.15, 0.2) is 9.00 Å². The number of nitrogens with one attached hydrogen (secondary N) is 3. The number of aromatic amines is 2. The average Bonchev–Trinajstić information content (AvgIpc) is 2.72. The quantitative estimate of drug-likeness (QED) is 0.726. The second-order valence-corrected chi connectivity index (χ2v) is 6.14. The normalized spacial score (nSPS) is 11.6. The van der Waals surface area contributed by atoms with Crippen LogP contribution in [0.5, 0.6) is 0 Å². The standard InChI is InChI=1S/C7H9N5O3S2/c1-3-5(16-7(13)8-3)17(14,15)12-6-9-4(2)10-11-6/h1-2H3,(H,8,13)(H2,9,10,11,12). The Labute approximate surface area is 100 Å². The lowest BCUT2D eigenvalue weighted by molar-refractivity contribution is 0.602. The summed E-state index contributed by atoms with van der Waals surface area (Å²) in [7, 11) is -3.82. The van der Waals surface area contributed by atoms with Gasteiger partial charge in [-0.25, -0.2) is 13.1 Å². The molecule has 10 heteroatoms. The zero-order chi connectivity index (χ0) is 12.6. The van der Waals surface area contributed by atoms with Crippen LogP contribution in [0.2, 0.25) is 0 Å². The van der Waals surface area contributed by atoms with Crippen molar-refractivity contribution in [3.8, 4) is 0 Å². The molecule has 17 heavy (non-hydrogen) atoms. The molecule has 0 fully saturated rings. The highest BCUT2D eigenvalue weighted by Gasteiger charge is 2.22. The number of aromatic nitrogens is 4. The van der Waals surface area contributed by atoms with E-state index in [-0.39, 0.29) is 10.2 Å². The minimum absolute atomic E-state index is 0.0530. The smallest absolute Gasteiger partial charge is 0.306 e. The topological polar surface area (TPSA) is 121 Å². The Hall–Kier alpha value is -1.68. The molecule has 0 aliphatic rings. The molecule has 0 bridgehead atoms. The zero-order valence-corrected chi connectivity index (χ0v) is 10.6. The second kappa shape index (κ2) is 3.96. The van der Waals surface area contributed by atoms with Gasteiger partial charge >= 0.3 is 4.87 Å². The number of rotatable bonds is 3. The van der Waals surface area contributed by atoms with Gasteiger partial charge in [-0.2, -0.15) is 4.98 Å². The van der Waals surface area contributed by atoms with Crippen LogP contribution in [-0.4, -0.2) is 28.6 Å². The van der Waals surface area contributed by atoms with Gasteiger partial charge in [-0.05, 0) is 13.8 Å². The molecule has 8 nitrogen and oxygen atoms in total. The molecule has 3 N–H and O–H groups in total. The van der Waals surface area contributed by atoms with Gasteiger partial charge in [0.15, 0.2) is 4.21 Å². The molecule has 2 rings (SSSR count). The lowest BCUT2D eigenvalue weighted by Crippen LogP contribution is -2.13. The molecule has 0 saturated carbocycles. The number of hydrogen-bond acceptors (Lipinski definition) is 6. The molecule has 0 radical (unpaired) electrons. The van der Waals surface area contributed by atoms with Crippen molar-refractivity contribution in [2.75, 3.05) is 4.72 Å². The van der Waals surface area contributed by atoms with E-state index in [0.717, 1.165) is 0 Å². The lowest BCUT2D eigenvalue weighted by atomic mass is 10.6. The summed E-state index contributed by atoms with van der Waals surface area (Å²) in [5.74, 6) is 0.435. The van der Waals surface area contributed by atoms with Gasteiger partial charge in [-0.15, -0.1) is 5.10 Å². The number of sulfonamides is 1. The summed E-state index contributed by atoms with van der Waals surface area (Å²) >= 11 is 0.620. The molecule has 0 atom stereocenters. The second-order valence-electron chi connectivity index (χ2n) is 3.28. The summed E-state index contributed by atoms with van der Waals surface area (Å²) in [6.45, 7) is 3.15. The van der Waals surface area contributed by atoms with Crippen LogP contribution in [0, 0.1) is 13.8 Å². The Bertz CT molecular complexity index is 695. The third-order valence-corrected chi connectivity index (χ3v) is 4.78. The molecule has 0 saturated heterocycles. The van der Waals surface area contributed by atoms with Gasteiger partial charge in [0.05, 0.1) is 0 Å².